The van der Waals surface area contributed by atoms with Crippen LogP contribution in [0.5, 0.6) is 11.5 Å². The number of dihydropyridines is 1. The van der Waals surface area contributed by atoms with Gasteiger partial charge in [-0.25, -0.2) is 4.99 Å². The number of hydrogen-bond donors (Lipinski definition) is 3. The lowest BCUT2D eigenvalue weighted by Gasteiger charge is -2.25. The Labute approximate surface area is 175 Å². The van der Waals surface area contributed by atoms with Crippen molar-refractivity contribution in [1.82, 2.24) is 0 Å². The minimum atomic E-state index is -0.635. The van der Waals surface area contributed by atoms with Gasteiger partial charge in [0.05, 0.1) is 32.3 Å². The van der Waals surface area contributed by atoms with Crippen molar-refractivity contribution in [2.24, 2.45) is 10.9 Å². The number of aliphatic imine (C=N–C) groups is 1. The van der Waals surface area contributed by atoms with E-state index in [1.807, 2.05) is 32.0 Å². The third-order valence-electron chi connectivity index (χ3n) is 5.17. The molecule has 0 saturated carbocycles. The third-order valence-corrected chi connectivity index (χ3v) is 5.17. The van der Waals surface area contributed by atoms with E-state index in [0.29, 0.717) is 47.0 Å². The van der Waals surface area contributed by atoms with Crippen LogP contribution in [-0.4, -0.2) is 47.3 Å². The van der Waals surface area contributed by atoms with E-state index in [-0.39, 0.29) is 32.1 Å². The van der Waals surface area contributed by atoms with E-state index in [0.717, 1.165) is 10.8 Å². The van der Waals surface area contributed by atoms with Gasteiger partial charge >= 0.3 is 0 Å². The highest BCUT2D eigenvalue weighted by atomic mass is 16.5. The van der Waals surface area contributed by atoms with Gasteiger partial charge in [0.2, 0.25) is 0 Å². The molecule has 1 aliphatic heterocycles. The van der Waals surface area contributed by atoms with E-state index in [2.05, 4.69) is 4.99 Å². The summed E-state index contributed by atoms with van der Waals surface area (Å²) in [5.41, 5.74) is 2.40. The summed E-state index contributed by atoms with van der Waals surface area (Å²) >= 11 is 0. The lowest BCUT2D eigenvalue weighted by molar-refractivity contribution is -0.120. The standard InChI is InChI=1S/C23H27NO6/c1-3-29-20-10-14-9-15(12-26)19(13-27)22(18(14)11-21(20)30-4-2)16-5-7-24-23(28)17(16)6-8-25/h5,7,9-11,17,25-27H,3-4,6,8,12-13H2,1-2H3. The number of benzene rings is 2. The van der Waals surface area contributed by atoms with Crippen LogP contribution in [0.1, 0.15) is 37.0 Å². The van der Waals surface area contributed by atoms with Gasteiger partial charge in [-0.2, -0.15) is 0 Å². The van der Waals surface area contributed by atoms with Crippen LogP contribution in [0.2, 0.25) is 0 Å². The molecule has 0 fully saturated rings. The average Bonchev–Trinajstić information content (AvgIpc) is 2.75. The second-order valence-electron chi connectivity index (χ2n) is 6.89. The van der Waals surface area contributed by atoms with Gasteiger partial charge in [0.15, 0.2) is 11.5 Å². The Morgan fingerprint density at radius 3 is 2.30 bits per heavy atom. The summed E-state index contributed by atoms with van der Waals surface area (Å²) in [6.45, 7) is 3.93. The van der Waals surface area contributed by atoms with Crippen molar-refractivity contribution in [3.05, 3.63) is 41.0 Å². The molecule has 7 heteroatoms. The number of ether oxygens (including phenoxy) is 2. The lowest BCUT2D eigenvalue weighted by atomic mass is 9.81. The fraction of sp³-hybridized carbons (Fsp3) is 0.391. The molecule has 1 unspecified atom stereocenters. The van der Waals surface area contributed by atoms with Crippen molar-refractivity contribution in [2.45, 2.75) is 33.5 Å². The average molecular weight is 413 g/mol. The maximum atomic E-state index is 12.5. The Morgan fingerprint density at radius 2 is 1.70 bits per heavy atom. The van der Waals surface area contributed by atoms with Gasteiger partial charge in [-0.3, -0.25) is 4.79 Å². The number of carbonyl (C=O) groups excluding carboxylic acids is 1. The number of fused-ring (bicyclic) bond motifs is 1. The van der Waals surface area contributed by atoms with Crippen LogP contribution < -0.4 is 9.47 Å². The van der Waals surface area contributed by atoms with Crippen LogP contribution in [0, 0.1) is 5.92 Å². The van der Waals surface area contributed by atoms with Crippen molar-refractivity contribution in [2.75, 3.05) is 19.8 Å². The summed E-state index contributed by atoms with van der Waals surface area (Å²) in [5.74, 6) is 0.165. The molecule has 0 spiro atoms. The highest BCUT2D eigenvalue weighted by Crippen LogP contribution is 2.42. The van der Waals surface area contributed by atoms with Gasteiger partial charge in [0.25, 0.3) is 5.91 Å². The van der Waals surface area contributed by atoms with E-state index >= 15 is 0 Å². The van der Waals surface area contributed by atoms with E-state index in [4.69, 9.17) is 9.47 Å². The molecule has 160 valence electrons. The summed E-state index contributed by atoms with van der Waals surface area (Å²) in [7, 11) is 0. The zero-order valence-electron chi connectivity index (χ0n) is 17.2. The number of amides is 1. The Morgan fingerprint density at radius 1 is 1.00 bits per heavy atom. The third kappa shape index (κ3) is 4.09. The molecule has 2 aromatic carbocycles. The Kier molecular flexibility index (Phi) is 7.20. The van der Waals surface area contributed by atoms with Crippen molar-refractivity contribution in [1.29, 1.82) is 0 Å². The molecule has 1 heterocycles. The minimum absolute atomic E-state index is 0.173. The molecule has 0 aromatic heterocycles. The fourth-order valence-corrected chi connectivity index (χ4v) is 3.89. The number of hydrogen-bond acceptors (Lipinski definition) is 6. The van der Waals surface area contributed by atoms with E-state index in [1.54, 1.807) is 6.08 Å². The first-order valence-electron chi connectivity index (χ1n) is 10.1. The number of aliphatic hydroxyl groups is 3. The smallest absolute Gasteiger partial charge is 0.253 e. The van der Waals surface area contributed by atoms with Gasteiger partial charge in [-0.15, -0.1) is 0 Å². The molecule has 1 aliphatic rings. The quantitative estimate of drug-likeness (QED) is 0.583. The van der Waals surface area contributed by atoms with Gasteiger partial charge in [0.1, 0.15) is 0 Å². The van der Waals surface area contributed by atoms with Crippen LogP contribution in [0.3, 0.4) is 0 Å². The first kappa shape index (κ1) is 22.0. The molecule has 3 N–H and O–H groups in total. The highest BCUT2D eigenvalue weighted by Gasteiger charge is 2.29. The normalized spacial score (nSPS) is 16.1. The zero-order valence-corrected chi connectivity index (χ0v) is 17.2. The SMILES string of the molecule is CCOc1cc2cc(CO)c(CO)c(C3=CC=NC(=O)C3CCO)c2cc1OCC. The van der Waals surface area contributed by atoms with Crippen LogP contribution >= 0.6 is 0 Å². The van der Waals surface area contributed by atoms with E-state index in [1.165, 1.54) is 6.21 Å². The summed E-state index contributed by atoms with van der Waals surface area (Å²) in [4.78, 5) is 16.3. The number of carbonyl (C=O) groups is 1. The van der Waals surface area contributed by atoms with Gasteiger partial charge in [0, 0.05) is 12.8 Å². The Hall–Kier alpha value is -2.74. The number of allylic oxidation sites excluding steroid dienone is 1. The Bertz CT molecular complexity index is 995. The zero-order chi connectivity index (χ0) is 21.7. The second-order valence-corrected chi connectivity index (χ2v) is 6.89. The molecule has 30 heavy (non-hydrogen) atoms. The summed E-state index contributed by atoms with van der Waals surface area (Å²) < 4.78 is 11.5. The first-order chi connectivity index (χ1) is 14.6. The van der Waals surface area contributed by atoms with E-state index < -0.39 is 5.92 Å². The van der Waals surface area contributed by atoms with Crippen molar-refractivity contribution < 1.29 is 29.6 Å². The lowest BCUT2D eigenvalue weighted by Crippen LogP contribution is -2.20. The van der Waals surface area contributed by atoms with Crippen molar-refractivity contribution in [3.63, 3.8) is 0 Å². The van der Waals surface area contributed by atoms with Gasteiger partial charge < -0.3 is 24.8 Å². The molecule has 7 nitrogen and oxygen atoms in total. The molecule has 0 bridgehead atoms. The Balaban J connectivity index is 2.37. The topological polar surface area (TPSA) is 109 Å². The maximum absolute atomic E-state index is 12.5. The highest BCUT2D eigenvalue weighted by molar-refractivity contribution is 6.10. The van der Waals surface area contributed by atoms with E-state index in [9.17, 15) is 20.1 Å². The number of rotatable bonds is 9. The minimum Gasteiger partial charge on any atom is -0.490 e. The van der Waals surface area contributed by atoms with Gasteiger partial charge in [-0.1, -0.05) is 0 Å². The second kappa shape index (κ2) is 9.84. The van der Waals surface area contributed by atoms with Crippen LogP contribution in [-0.2, 0) is 18.0 Å². The molecular formula is C23H27NO6. The number of aliphatic hydroxyl groups excluding tert-OH is 3. The monoisotopic (exact) mass is 413 g/mol. The summed E-state index contributed by atoms with van der Waals surface area (Å²) in [6.07, 6.45) is 3.38. The van der Waals surface area contributed by atoms with Crippen LogP contribution in [0.25, 0.3) is 16.3 Å². The first-order valence-corrected chi connectivity index (χ1v) is 10.1. The predicted octanol–water partition coefficient (Wildman–Crippen LogP) is 2.61. The molecule has 0 saturated heterocycles. The molecule has 0 radical (unpaired) electrons. The fourth-order valence-electron chi connectivity index (χ4n) is 3.89. The van der Waals surface area contributed by atoms with Crippen molar-refractivity contribution >= 4 is 28.5 Å². The maximum Gasteiger partial charge on any atom is 0.253 e. The largest absolute Gasteiger partial charge is 0.490 e. The summed E-state index contributed by atoms with van der Waals surface area (Å²) in [5, 5.41) is 31.1. The van der Waals surface area contributed by atoms with Gasteiger partial charge in [-0.05, 0) is 77.6 Å². The molecular weight excluding hydrogens is 386 g/mol. The molecule has 1 atom stereocenters. The summed E-state index contributed by atoms with van der Waals surface area (Å²) in [6, 6.07) is 5.49. The predicted molar refractivity (Wildman–Crippen MR) is 115 cm³/mol. The van der Waals surface area contributed by atoms with Crippen LogP contribution in [0.4, 0.5) is 0 Å². The number of nitrogens with zero attached hydrogens (tertiary/aromatic N) is 1. The molecule has 0 aliphatic carbocycles. The molecule has 2 aromatic rings. The molecule has 1 amide bonds. The van der Waals surface area contributed by atoms with Crippen LogP contribution in [0.15, 0.2) is 29.3 Å². The van der Waals surface area contributed by atoms with Crippen molar-refractivity contribution in [3.8, 4) is 11.5 Å². The molecule has 3 rings (SSSR count).